The summed E-state index contributed by atoms with van der Waals surface area (Å²) in [6, 6.07) is 3.54. The van der Waals surface area contributed by atoms with E-state index in [1.165, 1.54) is 0 Å². The van der Waals surface area contributed by atoms with Crippen molar-refractivity contribution in [1.82, 2.24) is 15.3 Å². The van der Waals surface area contributed by atoms with Crippen molar-refractivity contribution in [2.24, 2.45) is 0 Å². The van der Waals surface area contributed by atoms with Crippen LogP contribution in [0.15, 0.2) is 12.1 Å². The molecule has 1 heterocycles. The van der Waals surface area contributed by atoms with E-state index in [1.807, 2.05) is 6.92 Å². The standard InChI is InChI=1S/C14H18N4O3/c1-3-4-7-15-12(19)10-8(2)5-6-9-11(10)17-13(16-9)18-14(20)21/h5-6H,3-4,7H2,1-2H3,(H,15,19)(H,20,21)(H2,16,17,18). The molecule has 0 fully saturated rings. The molecule has 0 atom stereocenters. The predicted molar refractivity (Wildman–Crippen MR) is 79.7 cm³/mol. The first-order chi connectivity index (χ1) is 10.0. The van der Waals surface area contributed by atoms with Crippen molar-refractivity contribution in [2.45, 2.75) is 26.7 Å². The van der Waals surface area contributed by atoms with Crippen LogP contribution in [0.25, 0.3) is 11.0 Å². The summed E-state index contributed by atoms with van der Waals surface area (Å²) in [6.45, 7) is 4.50. The zero-order valence-electron chi connectivity index (χ0n) is 12.0. The molecule has 0 radical (unpaired) electrons. The van der Waals surface area contributed by atoms with Crippen LogP contribution in [0, 0.1) is 6.92 Å². The van der Waals surface area contributed by atoms with Gasteiger partial charge in [0.25, 0.3) is 5.91 Å². The fraction of sp³-hybridized carbons (Fsp3) is 0.357. The number of nitrogens with zero attached hydrogens (tertiary/aromatic N) is 1. The highest BCUT2D eigenvalue weighted by atomic mass is 16.4. The number of hydrogen-bond acceptors (Lipinski definition) is 3. The Morgan fingerprint density at radius 1 is 1.38 bits per heavy atom. The van der Waals surface area contributed by atoms with Crippen LogP contribution < -0.4 is 10.6 Å². The third-order valence-corrected chi connectivity index (χ3v) is 3.14. The molecule has 0 spiro atoms. The number of aromatic nitrogens is 2. The molecular weight excluding hydrogens is 272 g/mol. The Bertz CT molecular complexity index is 678. The minimum atomic E-state index is -1.21. The van der Waals surface area contributed by atoms with Gasteiger partial charge in [-0.3, -0.25) is 10.1 Å². The fourth-order valence-corrected chi connectivity index (χ4v) is 2.10. The molecule has 0 aliphatic rings. The van der Waals surface area contributed by atoms with E-state index in [4.69, 9.17) is 5.11 Å². The number of anilines is 1. The second-order valence-electron chi connectivity index (χ2n) is 4.78. The molecule has 2 rings (SSSR count). The van der Waals surface area contributed by atoms with Gasteiger partial charge in [-0.25, -0.2) is 9.78 Å². The van der Waals surface area contributed by atoms with Gasteiger partial charge in [-0.1, -0.05) is 19.4 Å². The van der Waals surface area contributed by atoms with Crippen molar-refractivity contribution < 1.29 is 14.7 Å². The first-order valence-corrected chi connectivity index (χ1v) is 6.80. The monoisotopic (exact) mass is 290 g/mol. The first-order valence-electron chi connectivity index (χ1n) is 6.80. The van der Waals surface area contributed by atoms with Gasteiger partial charge in [-0.2, -0.15) is 0 Å². The Labute approximate surface area is 121 Å². The molecule has 0 unspecified atom stereocenters. The molecule has 0 aliphatic heterocycles. The number of benzene rings is 1. The van der Waals surface area contributed by atoms with E-state index < -0.39 is 6.09 Å². The van der Waals surface area contributed by atoms with Crippen molar-refractivity contribution in [3.05, 3.63) is 23.3 Å². The van der Waals surface area contributed by atoms with E-state index in [1.54, 1.807) is 12.1 Å². The van der Waals surface area contributed by atoms with Crippen LogP contribution in [-0.2, 0) is 0 Å². The SMILES string of the molecule is CCCCNC(=O)c1c(C)ccc2nc(NC(=O)O)[nH]c12. The topological polar surface area (TPSA) is 107 Å². The molecule has 2 aromatic rings. The summed E-state index contributed by atoms with van der Waals surface area (Å²) >= 11 is 0. The summed E-state index contributed by atoms with van der Waals surface area (Å²) in [4.78, 5) is 29.9. The molecule has 1 aromatic carbocycles. The van der Waals surface area contributed by atoms with E-state index in [2.05, 4.69) is 27.5 Å². The molecule has 0 bridgehead atoms. The van der Waals surface area contributed by atoms with Gasteiger partial charge < -0.3 is 15.4 Å². The average Bonchev–Trinajstić information content (AvgIpc) is 2.80. The summed E-state index contributed by atoms with van der Waals surface area (Å²) in [5.41, 5.74) is 2.38. The largest absolute Gasteiger partial charge is 0.465 e. The predicted octanol–water partition coefficient (Wildman–Crippen LogP) is 2.49. The third-order valence-electron chi connectivity index (χ3n) is 3.14. The average molecular weight is 290 g/mol. The Kier molecular flexibility index (Phi) is 4.42. The van der Waals surface area contributed by atoms with Crippen molar-refractivity contribution in [2.75, 3.05) is 11.9 Å². The number of carbonyl (C=O) groups is 2. The number of imidazole rings is 1. The summed E-state index contributed by atoms with van der Waals surface area (Å²) < 4.78 is 0. The maximum atomic E-state index is 12.3. The van der Waals surface area contributed by atoms with Crippen LogP contribution >= 0.6 is 0 Å². The second kappa shape index (κ2) is 6.25. The number of aromatic amines is 1. The van der Waals surface area contributed by atoms with Crippen molar-refractivity contribution in [1.29, 1.82) is 0 Å². The van der Waals surface area contributed by atoms with Crippen LogP contribution in [0.1, 0.15) is 35.7 Å². The quantitative estimate of drug-likeness (QED) is 0.634. The van der Waals surface area contributed by atoms with Crippen molar-refractivity contribution in [3.63, 3.8) is 0 Å². The van der Waals surface area contributed by atoms with Crippen LogP contribution in [0.3, 0.4) is 0 Å². The minimum absolute atomic E-state index is 0.103. The van der Waals surface area contributed by atoms with E-state index in [0.717, 1.165) is 18.4 Å². The van der Waals surface area contributed by atoms with Crippen LogP contribution in [0.4, 0.5) is 10.7 Å². The highest BCUT2D eigenvalue weighted by Gasteiger charge is 2.16. The van der Waals surface area contributed by atoms with Gasteiger partial charge in [0.05, 0.1) is 16.6 Å². The van der Waals surface area contributed by atoms with Gasteiger partial charge in [-0.15, -0.1) is 0 Å². The van der Waals surface area contributed by atoms with E-state index in [9.17, 15) is 9.59 Å². The Balaban J connectivity index is 2.36. The van der Waals surface area contributed by atoms with E-state index in [-0.39, 0.29) is 11.9 Å². The maximum Gasteiger partial charge on any atom is 0.411 e. The molecule has 0 saturated carbocycles. The number of hydrogen-bond donors (Lipinski definition) is 4. The zero-order valence-corrected chi connectivity index (χ0v) is 12.0. The van der Waals surface area contributed by atoms with Gasteiger partial charge >= 0.3 is 6.09 Å². The number of unbranched alkanes of at least 4 members (excludes halogenated alkanes) is 1. The fourth-order valence-electron chi connectivity index (χ4n) is 2.10. The zero-order chi connectivity index (χ0) is 15.4. The van der Waals surface area contributed by atoms with Gasteiger partial charge in [-0.05, 0) is 25.0 Å². The number of rotatable bonds is 5. The smallest absolute Gasteiger partial charge is 0.411 e. The second-order valence-corrected chi connectivity index (χ2v) is 4.78. The summed E-state index contributed by atoms with van der Waals surface area (Å²) in [6.07, 6.45) is 0.704. The lowest BCUT2D eigenvalue weighted by atomic mass is 10.1. The van der Waals surface area contributed by atoms with Crippen molar-refractivity contribution >= 4 is 29.0 Å². The molecule has 0 saturated heterocycles. The van der Waals surface area contributed by atoms with Gasteiger partial charge in [0, 0.05) is 6.54 Å². The lowest BCUT2D eigenvalue weighted by Crippen LogP contribution is -2.25. The molecule has 2 amide bonds. The molecule has 112 valence electrons. The molecular formula is C14H18N4O3. The molecule has 21 heavy (non-hydrogen) atoms. The van der Waals surface area contributed by atoms with E-state index >= 15 is 0 Å². The van der Waals surface area contributed by atoms with Gasteiger partial charge in [0.2, 0.25) is 5.95 Å². The number of amides is 2. The molecule has 0 aliphatic carbocycles. The number of carbonyl (C=O) groups excluding carboxylic acids is 1. The molecule has 1 aromatic heterocycles. The summed E-state index contributed by atoms with van der Waals surface area (Å²) in [5, 5.41) is 13.7. The third kappa shape index (κ3) is 3.31. The van der Waals surface area contributed by atoms with Crippen LogP contribution in [-0.4, -0.2) is 33.6 Å². The normalized spacial score (nSPS) is 10.6. The molecule has 7 nitrogen and oxygen atoms in total. The number of aryl methyl sites for hydroxylation is 1. The number of fused-ring (bicyclic) bond motifs is 1. The molecule has 4 N–H and O–H groups in total. The van der Waals surface area contributed by atoms with Gasteiger partial charge in [0.15, 0.2) is 0 Å². The molecule has 7 heteroatoms. The first kappa shape index (κ1) is 14.8. The van der Waals surface area contributed by atoms with E-state index in [0.29, 0.717) is 23.1 Å². The summed E-state index contributed by atoms with van der Waals surface area (Å²) in [5.74, 6) is -0.0808. The van der Waals surface area contributed by atoms with Crippen LogP contribution in [0.5, 0.6) is 0 Å². The lowest BCUT2D eigenvalue weighted by Gasteiger charge is -2.08. The lowest BCUT2D eigenvalue weighted by molar-refractivity contribution is 0.0954. The Morgan fingerprint density at radius 2 is 2.14 bits per heavy atom. The number of H-pyrrole nitrogens is 1. The van der Waals surface area contributed by atoms with Crippen LogP contribution in [0.2, 0.25) is 0 Å². The summed E-state index contributed by atoms with van der Waals surface area (Å²) in [7, 11) is 0. The highest BCUT2D eigenvalue weighted by Crippen LogP contribution is 2.22. The Hall–Kier alpha value is -2.57. The minimum Gasteiger partial charge on any atom is -0.465 e. The highest BCUT2D eigenvalue weighted by molar-refractivity contribution is 6.06. The van der Waals surface area contributed by atoms with Gasteiger partial charge in [0.1, 0.15) is 0 Å². The van der Waals surface area contributed by atoms with Crippen molar-refractivity contribution in [3.8, 4) is 0 Å². The number of nitrogens with one attached hydrogen (secondary N) is 3. The number of carboxylic acid groups (broad SMARTS) is 1. The Morgan fingerprint density at radius 3 is 2.81 bits per heavy atom. The maximum absolute atomic E-state index is 12.3.